The summed E-state index contributed by atoms with van der Waals surface area (Å²) in [6, 6.07) is 15.4. The van der Waals surface area contributed by atoms with Crippen molar-refractivity contribution in [2.24, 2.45) is 0 Å². The predicted molar refractivity (Wildman–Crippen MR) is 121 cm³/mol. The van der Waals surface area contributed by atoms with Gasteiger partial charge >= 0.3 is 0 Å². The van der Waals surface area contributed by atoms with Gasteiger partial charge in [-0.2, -0.15) is 0 Å². The van der Waals surface area contributed by atoms with Crippen molar-refractivity contribution in [3.05, 3.63) is 65.2 Å². The first-order valence-corrected chi connectivity index (χ1v) is 10.5. The van der Waals surface area contributed by atoms with E-state index in [9.17, 15) is 9.59 Å². The smallest absolute Gasteiger partial charge is 0.260 e. The van der Waals surface area contributed by atoms with Crippen molar-refractivity contribution in [1.82, 2.24) is 10.6 Å². The number of nitrogens with one attached hydrogen (secondary N) is 2. The number of carbonyl (C=O) groups is 2. The third-order valence-corrected chi connectivity index (χ3v) is 4.94. The van der Waals surface area contributed by atoms with E-state index in [0.29, 0.717) is 24.6 Å². The fraction of sp³-hybridized carbons (Fsp3) is 0.440. The Kier molecular flexibility index (Phi) is 8.04. The van der Waals surface area contributed by atoms with Gasteiger partial charge in [0.1, 0.15) is 5.75 Å². The molecule has 5 heteroatoms. The minimum atomic E-state index is -0.620. The third-order valence-electron chi connectivity index (χ3n) is 4.94. The highest BCUT2D eigenvalue weighted by Crippen LogP contribution is 2.26. The van der Waals surface area contributed by atoms with Crippen molar-refractivity contribution in [1.29, 1.82) is 0 Å². The molecule has 0 aliphatic carbocycles. The van der Waals surface area contributed by atoms with Gasteiger partial charge in [0.25, 0.3) is 11.8 Å². The van der Waals surface area contributed by atoms with Gasteiger partial charge in [0.15, 0.2) is 6.10 Å². The van der Waals surface area contributed by atoms with Crippen LogP contribution < -0.4 is 15.4 Å². The highest BCUT2D eigenvalue weighted by atomic mass is 16.5. The normalized spacial score (nSPS) is 12.4. The molecule has 0 radical (unpaired) electrons. The van der Waals surface area contributed by atoms with Gasteiger partial charge in [0.05, 0.1) is 0 Å². The molecule has 2 aromatic rings. The Balaban J connectivity index is 1.78. The van der Waals surface area contributed by atoms with Crippen LogP contribution in [-0.4, -0.2) is 31.0 Å². The van der Waals surface area contributed by atoms with E-state index in [2.05, 4.69) is 45.3 Å². The number of rotatable bonds is 8. The molecule has 0 fully saturated rings. The summed E-state index contributed by atoms with van der Waals surface area (Å²) in [5, 5.41) is 5.64. The molecule has 30 heavy (non-hydrogen) atoms. The molecular weight excluding hydrogens is 376 g/mol. The van der Waals surface area contributed by atoms with Crippen LogP contribution in [0.4, 0.5) is 0 Å². The molecule has 0 heterocycles. The molecule has 162 valence electrons. The second kappa shape index (κ2) is 10.3. The molecule has 1 atom stereocenters. The largest absolute Gasteiger partial charge is 0.481 e. The zero-order valence-electron chi connectivity index (χ0n) is 18.9. The second-order valence-corrected chi connectivity index (χ2v) is 8.83. The van der Waals surface area contributed by atoms with Gasteiger partial charge in [-0.15, -0.1) is 0 Å². The molecule has 0 bridgehead atoms. The molecular formula is C25H34N2O3. The third kappa shape index (κ3) is 6.61. The molecule has 0 aliphatic heterocycles. The molecule has 0 saturated heterocycles. The van der Waals surface area contributed by atoms with E-state index in [4.69, 9.17) is 4.74 Å². The molecule has 0 aromatic heterocycles. The maximum atomic E-state index is 12.3. The quantitative estimate of drug-likeness (QED) is 0.633. The molecule has 2 N–H and O–H groups in total. The van der Waals surface area contributed by atoms with E-state index in [1.54, 1.807) is 6.92 Å². The first-order valence-electron chi connectivity index (χ1n) is 10.5. The lowest BCUT2D eigenvalue weighted by atomic mass is 9.87. The van der Waals surface area contributed by atoms with Crippen molar-refractivity contribution < 1.29 is 14.3 Å². The minimum Gasteiger partial charge on any atom is -0.481 e. The molecule has 5 nitrogen and oxygen atoms in total. The summed E-state index contributed by atoms with van der Waals surface area (Å²) in [7, 11) is 0. The molecule has 2 rings (SSSR count). The van der Waals surface area contributed by atoms with E-state index in [0.717, 1.165) is 11.3 Å². The summed E-state index contributed by atoms with van der Waals surface area (Å²) < 4.78 is 5.86. The van der Waals surface area contributed by atoms with E-state index in [1.165, 1.54) is 5.56 Å². The number of carbonyl (C=O) groups excluding carboxylic acids is 2. The van der Waals surface area contributed by atoms with Crippen LogP contribution in [0.1, 0.15) is 68.9 Å². The van der Waals surface area contributed by atoms with Crippen LogP contribution in [0.5, 0.6) is 5.75 Å². The highest BCUT2D eigenvalue weighted by molar-refractivity contribution is 5.94. The lowest BCUT2D eigenvalue weighted by molar-refractivity contribution is -0.127. The number of ether oxygens (including phenoxy) is 1. The topological polar surface area (TPSA) is 67.4 Å². The van der Waals surface area contributed by atoms with Crippen molar-refractivity contribution in [3.63, 3.8) is 0 Å². The van der Waals surface area contributed by atoms with Crippen LogP contribution in [0.25, 0.3) is 0 Å². The van der Waals surface area contributed by atoms with E-state index >= 15 is 0 Å². The Bertz CT molecular complexity index is 851. The van der Waals surface area contributed by atoms with Gasteiger partial charge in [-0.05, 0) is 47.6 Å². The van der Waals surface area contributed by atoms with E-state index in [1.807, 2.05) is 48.5 Å². The van der Waals surface area contributed by atoms with Crippen LogP contribution in [0, 0.1) is 0 Å². The zero-order valence-corrected chi connectivity index (χ0v) is 18.9. The van der Waals surface area contributed by atoms with Gasteiger partial charge in [-0.1, -0.05) is 65.0 Å². The summed E-state index contributed by atoms with van der Waals surface area (Å²) in [4.78, 5) is 24.6. The van der Waals surface area contributed by atoms with Gasteiger partial charge < -0.3 is 15.4 Å². The number of amides is 2. The van der Waals surface area contributed by atoms with Gasteiger partial charge in [0, 0.05) is 18.7 Å². The van der Waals surface area contributed by atoms with Crippen LogP contribution in [0.3, 0.4) is 0 Å². The van der Waals surface area contributed by atoms with Gasteiger partial charge in [-0.3, -0.25) is 9.59 Å². The van der Waals surface area contributed by atoms with Crippen molar-refractivity contribution >= 4 is 11.8 Å². The van der Waals surface area contributed by atoms with Gasteiger partial charge in [0.2, 0.25) is 0 Å². The fourth-order valence-corrected chi connectivity index (χ4v) is 3.04. The Labute approximate surface area is 180 Å². The maximum absolute atomic E-state index is 12.3. The Morgan fingerprint density at radius 2 is 1.50 bits per heavy atom. The highest BCUT2D eigenvalue weighted by Gasteiger charge is 2.17. The average Bonchev–Trinajstić information content (AvgIpc) is 2.70. The molecule has 2 aromatic carbocycles. The van der Waals surface area contributed by atoms with Crippen LogP contribution >= 0.6 is 0 Å². The van der Waals surface area contributed by atoms with Crippen molar-refractivity contribution in [3.8, 4) is 5.75 Å². The average molecular weight is 411 g/mol. The van der Waals surface area contributed by atoms with Crippen molar-refractivity contribution in [2.75, 3.05) is 13.1 Å². The number of hydrogen-bond donors (Lipinski definition) is 2. The summed E-state index contributed by atoms with van der Waals surface area (Å²) in [6.45, 7) is 13.0. The van der Waals surface area contributed by atoms with Crippen LogP contribution in [0.15, 0.2) is 48.5 Å². The summed E-state index contributed by atoms with van der Waals surface area (Å²) in [6.07, 6.45) is -0.620. The molecule has 0 spiro atoms. The fourth-order valence-electron chi connectivity index (χ4n) is 3.04. The Morgan fingerprint density at radius 3 is 2.10 bits per heavy atom. The van der Waals surface area contributed by atoms with Crippen molar-refractivity contribution in [2.45, 2.75) is 59.0 Å². The van der Waals surface area contributed by atoms with Crippen LogP contribution in [-0.2, 0) is 10.2 Å². The molecule has 0 saturated carbocycles. The monoisotopic (exact) mass is 410 g/mol. The SMILES string of the molecule is CC(Oc1ccccc1C(C)C)C(=O)NCCNC(=O)c1ccc(C(C)(C)C)cc1. The van der Waals surface area contributed by atoms with E-state index < -0.39 is 6.10 Å². The lowest BCUT2D eigenvalue weighted by Crippen LogP contribution is -2.40. The molecule has 2 amide bonds. The lowest BCUT2D eigenvalue weighted by Gasteiger charge is -2.19. The summed E-state index contributed by atoms with van der Waals surface area (Å²) in [5.74, 6) is 0.670. The summed E-state index contributed by atoms with van der Waals surface area (Å²) in [5.41, 5.74) is 2.91. The number of benzene rings is 2. The first-order chi connectivity index (χ1) is 14.1. The standard InChI is InChI=1S/C25H34N2O3/c1-17(2)21-9-7-8-10-22(21)30-18(3)23(28)26-15-16-27-24(29)19-11-13-20(14-12-19)25(4,5)6/h7-14,17-18H,15-16H2,1-6H3,(H,26,28)(H,27,29). The first kappa shape index (κ1) is 23.5. The Morgan fingerprint density at radius 1 is 0.900 bits per heavy atom. The predicted octanol–water partition coefficient (Wildman–Crippen LogP) is 4.42. The van der Waals surface area contributed by atoms with Gasteiger partial charge in [-0.25, -0.2) is 0 Å². The van der Waals surface area contributed by atoms with E-state index in [-0.39, 0.29) is 17.2 Å². The second-order valence-electron chi connectivity index (χ2n) is 8.83. The minimum absolute atomic E-state index is 0.0493. The molecule has 1 unspecified atom stereocenters. The number of hydrogen-bond acceptors (Lipinski definition) is 3. The Hall–Kier alpha value is -2.82. The van der Waals surface area contributed by atoms with Crippen LogP contribution in [0.2, 0.25) is 0 Å². The molecule has 0 aliphatic rings. The zero-order chi connectivity index (χ0) is 22.3. The number of para-hydroxylation sites is 1. The summed E-state index contributed by atoms with van der Waals surface area (Å²) >= 11 is 0. The maximum Gasteiger partial charge on any atom is 0.260 e.